The third-order valence-electron chi connectivity index (χ3n) is 9.70. The summed E-state index contributed by atoms with van der Waals surface area (Å²) in [5, 5.41) is 0. The Labute approximate surface area is 397 Å². The van der Waals surface area contributed by atoms with Crippen LogP contribution in [0.1, 0.15) is 175 Å². The summed E-state index contributed by atoms with van der Waals surface area (Å²) < 4.78 is 16.7. The van der Waals surface area contributed by atoms with E-state index in [0.717, 1.165) is 109 Å². The van der Waals surface area contributed by atoms with E-state index in [1.165, 1.54) is 19.3 Å². The number of carbonyl (C=O) groups is 3. The van der Waals surface area contributed by atoms with Crippen LogP contribution in [0.25, 0.3) is 0 Å². The highest BCUT2D eigenvalue weighted by molar-refractivity contribution is 5.71. The molecule has 0 N–H and O–H groups in total. The van der Waals surface area contributed by atoms with E-state index in [4.69, 9.17) is 14.2 Å². The van der Waals surface area contributed by atoms with Crippen LogP contribution in [0, 0.1) is 0 Å². The molecular weight excluding hydrogens is 805 g/mol. The van der Waals surface area contributed by atoms with Crippen LogP contribution in [0.5, 0.6) is 0 Å². The molecule has 0 heterocycles. The van der Waals surface area contributed by atoms with Crippen molar-refractivity contribution < 1.29 is 28.6 Å². The van der Waals surface area contributed by atoms with Gasteiger partial charge in [-0.2, -0.15) is 0 Å². The van der Waals surface area contributed by atoms with Crippen molar-refractivity contribution >= 4 is 17.9 Å². The molecule has 0 aliphatic carbocycles. The summed E-state index contributed by atoms with van der Waals surface area (Å²) in [4.78, 5) is 37.9. The highest BCUT2D eigenvalue weighted by Gasteiger charge is 2.19. The van der Waals surface area contributed by atoms with Gasteiger partial charge in [-0.25, -0.2) is 0 Å². The summed E-state index contributed by atoms with van der Waals surface area (Å²) in [7, 11) is 0. The number of esters is 3. The van der Waals surface area contributed by atoms with Gasteiger partial charge >= 0.3 is 17.9 Å². The quantitative estimate of drug-likeness (QED) is 0.0200. The van der Waals surface area contributed by atoms with Crippen molar-refractivity contribution in [3.63, 3.8) is 0 Å². The Balaban J connectivity index is 4.59. The molecule has 0 aliphatic heterocycles. The predicted octanol–water partition coefficient (Wildman–Crippen LogP) is 16.6. The van der Waals surface area contributed by atoms with Crippen molar-refractivity contribution in [1.82, 2.24) is 0 Å². The maximum atomic E-state index is 12.8. The molecule has 1 atom stereocenters. The molecule has 0 aliphatic rings. The summed E-state index contributed by atoms with van der Waals surface area (Å²) >= 11 is 0. The minimum absolute atomic E-state index is 0.131. The van der Waals surface area contributed by atoms with Gasteiger partial charge in [-0.15, -0.1) is 0 Å². The molecule has 0 rings (SSSR count). The fraction of sp³-hybridized carbons (Fsp3) is 0.508. The standard InChI is InChI=1S/C59H88O6/c1-4-7-10-13-16-19-22-25-27-28-29-30-32-34-37-40-43-46-49-52-58(61)64-55-56(54-63-57(60)51-48-45-42-39-36-33-24-21-18-15-12-9-6-3)65-59(62)53-50-47-44-41-38-35-31-26-23-20-17-14-11-8-5-2/h7-12,14-21,23-25,27,29-30,33-34,36-37,39,42,56H,4-6,13,22,26,28,31-32,35,38,40-41,43-55H2,1-3H3/b10-7-,11-8-,12-9-,17-14-,18-15-,19-16-,23-20-,24-21-,27-25-,30-29-,36-33-,37-34-,42-39-. The first-order valence-electron chi connectivity index (χ1n) is 25.1. The molecule has 65 heavy (non-hydrogen) atoms. The minimum atomic E-state index is -0.835. The monoisotopic (exact) mass is 893 g/mol. The first kappa shape index (κ1) is 60.0. The molecular formula is C59H88O6. The molecule has 0 aromatic heterocycles. The average molecular weight is 893 g/mol. The fourth-order valence-corrected chi connectivity index (χ4v) is 6.03. The maximum Gasteiger partial charge on any atom is 0.306 e. The van der Waals surface area contributed by atoms with Gasteiger partial charge in [0.1, 0.15) is 13.2 Å². The average Bonchev–Trinajstić information content (AvgIpc) is 3.30. The molecule has 360 valence electrons. The van der Waals surface area contributed by atoms with Crippen molar-refractivity contribution in [2.24, 2.45) is 0 Å². The highest BCUT2D eigenvalue weighted by atomic mass is 16.6. The largest absolute Gasteiger partial charge is 0.462 e. The summed E-state index contributed by atoms with van der Waals surface area (Å²) in [6.45, 7) is 6.11. The molecule has 0 amide bonds. The Hall–Kier alpha value is -4.97. The Bertz CT molecular complexity index is 1540. The van der Waals surface area contributed by atoms with Gasteiger partial charge in [0.25, 0.3) is 0 Å². The van der Waals surface area contributed by atoms with Gasteiger partial charge in [-0.1, -0.05) is 217 Å². The van der Waals surface area contributed by atoms with Crippen LogP contribution in [0.3, 0.4) is 0 Å². The second-order valence-electron chi connectivity index (χ2n) is 15.8. The molecule has 0 saturated heterocycles. The van der Waals surface area contributed by atoms with E-state index in [2.05, 4.69) is 124 Å². The van der Waals surface area contributed by atoms with Crippen molar-refractivity contribution in [2.75, 3.05) is 13.2 Å². The van der Waals surface area contributed by atoms with E-state index in [9.17, 15) is 14.4 Å². The van der Waals surface area contributed by atoms with Crippen LogP contribution in [-0.2, 0) is 28.6 Å². The minimum Gasteiger partial charge on any atom is -0.462 e. The van der Waals surface area contributed by atoms with E-state index in [0.29, 0.717) is 12.8 Å². The molecule has 0 bridgehead atoms. The highest BCUT2D eigenvalue weighted by Crippen LogP contribution is 2.12. The summed E-state index contributed by atoms with van der Waals surface area (Å²) in [6.07, 6.45) is 75.2. The third kappa shape index (κ3) is 49.9. The van der Waals surface area contributed by atoms with Crippen molar-refractivity contribution in [2.45, 2.75) is 181 Å². The Morgan fingerprint density at radius 2 is 0.646 bits per heavy atom. The zero-order valence-electron chi connectivity index (χ0n) is 40.9. The number of carbonyl (C=O) groups excluding carboxylic acids is 3. The number of ether oxygens (including phenoxy) is 3. The number of unbranched alkanes of at least 4 members (excludes halogenated alkanes) is 11. The smallest absolute Gasteiger partial charge is 0.306 e. The molecule has 6 heteroatoms. The number of hydrogen-bond acceptors (Lipinski definition) is 6. The summed E-state index contributed by atoms with van der Waals surface area (Å²) in [5.74, 6) is -1.06. The zero-order chi connectivity index (χ0) is 47.2. The van der Waals surface area contributed by atoms with Crippen LogP contribution in [0.2, 0.25) is 0 Å². The molecule has 0 aromatic rings. The van der Waals surface area contributed by atoms with E-state index in [1.54, 1.807) is 0 Å². The third-order valence-corrected chi connectivity index (χ3v) is 9.70. The van der Waals surface area contributed by atoms with E-state index in [-0.39, 0.29) is 44.0 Å². The van der Waals surface area contributed by atoms with Crippen LogP contribution in [-0.4, -0.2) is 37.2 Å². The lowest BCUT2D eigenvalue weighted by atomic mass is 10.1. The topological polar surface area (TPSA) is 78.9 Å². The first-order chi connectivity index (χ1) is 32.0. The number of allylic oxidation sites excluding steroid dienone is 26. The Morgan fingerprint density at radius 1 is 0.323 bits per heavy atom. The lowest BCUT2D eigenvalue weighted by Crippen LogP contribution is -2.30. The van der Waals surface area contributed by atoms with Crippen LogP contribution < -0.4 is 0 Å². The van der Waals surface area contributed by atoms with Crippen LogP contribution >= 0.6 is 0 Å². The lowest BCUT2D eigenvalue weighted by molar-refractivity contribution is -0.167. The molecule has 0 saturated carbocycles. The zero-order valence-corrected chi connectivity index (χ0v) is 40.9. The van der Waals surface area contributed by atoms with Gasteiger partial charge in [0.05, 0.1) is 0 Å². The molecule has 1 unspecified atom stereocenters. The second-order valence-corrected chi connectivity index (χ2v) is 15.8. The number of rotatable bonds is 42. The van der Waals surface area contributed by atoms with Gasteiger partial charge in [-0.3, -0.25) is 14.4 Å². The van der Waals surface area contributed by atoms with E-state index >= 15 is 0 Å². The lowest BCUT2D eigenvalue weighted by Gasteiger charge is -2.18. The molecule has 0 aromatic carbocycles. The maximum absolute atomic E-state index is 12.8. The summed E-state index contributed by atoms with van der Waals surface area (Å²) in [5.41, 5.74) is 0. The van der Waals surface area contributed by atoms with Crippen molar-refractivity contribution in [1.29, 1.82) is 0 Å². The predicted molar refractivity (Wildman–Crippen MR) is 278 cm³/mol. The van der Waals surface area contributed by atoms with Gasteiger partial charge in [-0.05, 0) is 96.3 Å². The van der Waals surface area contributed by atoms with Crippen LogP contribution in [0.4, 0.5) is 0 Å². The van der Waals surface area contributed by atoms with Gasteiger partial charge < -0.3 is 14.2 Å². The van der Waals surface area contributed by atoms with Gasteiger partial charge in [0.2, 0.25) is 0 Å². The molecule has 6 nitrogen and oxygen atoms in total. The fourth-order valence-electron chi connectivity index (χ4n) is 6.03. The molecule has 0 spiro atoms. The Kier molecular flexibility index (Phi) is 47.7. The van der Waals surface area contributed by atoms with Gasteiger partial charge in [0, 0.05) is 19.3 Å². The van der Waals surface area contributed by atoms with Crippen molar-refractivity contribution in [3.05, 3.63) is 158 Å². The normalized spacial score (nSPS) is 13.5. The summed E-state index contributed by atoms with van der Waals surface area (Å²) in [6, 6.07) is 0. The van der Waals surface area contributed by atoms with Gasteiger partial charge in [0.15, 0.2) is 6.10 Å². The SMILES string of the molecule is CC\C=C/C=C\C=C/C=C\C=C/CCCC(=O)OCC(COC(=O)CCCCC/C=C\C/C=C\C/C=C\C/C=C\C/C=C\CC)OC(=O)CCCCCCCCC\C=C/C=C\C=C/CC. The number of hydrogen-bond donors (Lipinski definition) is 0. The first-order valence-corrected chi connectivity index (χ1v) is 25.1. The van der Waals surface area contributed by atoms with Crippen molar-refractivity contribution in [3.8, 4) is 0 Å². The molecule has 0 fully saturated rings. The van der Waals surface area contributed by atoms with E-state index < -0.39 is 6.10 Å². The molecule has 0 radical (unpaired) electrons. The Morgan fingerprint density at radius 3 is 1.12 bits per heavy atom. The van der Waals surface area contributed by atoms with E-state index in [1.807, 2.05) is 54.7 Å². The van der Waals surface area contributed by atoms with Crippen LogP contribution in [0.15, 0.2) is 158 Å². The second kappa shape index (κ2) is 51.7.